The van der Waals surface area contributed by atoms with Crippen molar-refractivity contribution in [1.29, 1.82) is 0 Å². The average molecular weight is 196 g/mol. The highest BCUT2D eigenvalue weighted by Crippen LogP contribution is 2.26. The number of aliphatic hydroxyl groups is 1. The van der Waals surface area contributed by atoms with Crippen molar-refractivity contribution in [3.05, 3.63) is 5.69 Å². The topological polar surface area (TPSA) is 95.2 Å². The van der Waals surface area contributed by atoms with Gasteiger partial charge in [0.25, 0.3) is 0 Å². The molecule has 14 heavy (non-hydrogen) atoms. The van der Waals surface area contributed by atoms with Gasteiger partial charge in [0.05, 0.1) is 30.5 Å². The van der Waals surface area contributed by atoms with Crippen LogP contribution in [-0.4, -0.2) is 33.9 Å². The number of rotatable bonds is 1. The van der Waals surface area contributed by atoms with Crippen molar-refractivity contribution in [2.75, 3.05) is 17.2 Å². The predicted octanol–water partition coefficient (Wildman–Crippen LogP) is -0.602. The van der Waals surface area contributed by atoms with Gasteiger partial charge in [-0.15, -0.1) is 0 Å². The van der Waals surface area contributed by atoms with Crippen molar-refractivity contribution in [1.82, 2.24) is 10.2 Å². The Hall–Kier alpha value is -1.56. The summed E-state index contributed by atoms with van der Waals surface area (Å²) in [5.74, 6) is 0.278. The number of anilines is 2. The molecule has 1 saturated heterocycles. The second-order valence-corrected chi connectivity index (χ2v) is 3.45. The Labute approximate surface area is 80.7 Å². The van der Waals surface area contributed by atoms with E-state index in [0.29, 0.717) is 11.5 Å². The lowest BCUT2D eigenvalue weighted by atomic mass is 10.3. The van der Waals surface area contributed by atoms with E-state index in [4.69, 9.17) is 5.73 Å². The Morgan fingerprint density at radius 2 is 2.43 bits per heavy atom. The van der Waals surface area contributed by atoms with Crippen LogP contribution in [0.1, 0.15) is 12.1 Å². The van der Waals surface area contributed by atoms with Crippen molar-refractivity contribution in [3.8, 4) is 0 Å². The molecule has 1 aromatic rings. The van der Waals surface area contributed by atoms with Gasteiger partial charge < -0.3 is 10.8 Å². The maximum atomic E-state index is 11.4. The van der Waals surface area contributed by atoms with E-state index in [1.165, 1.54) is 4.90 Å². The summed E-state index contributed by atoms with van der Waals surface area (Å²) in [5, 5.41) is 15.9. The van der Waals surface area contributed by atoms with E-state index < -0.39 is 6.10 Å². The fourth-order valence-corrected chi connectivity index (χ4v) is 1.52. The molecule has 4 N–H and O–H groups in total. The normalized spacial score (nSPS) is 22.0. The van der Waals surface area contributed by atoms with Crippen LogP contribution in [0.4, 0.5) is 11.5 Å². The van der Waals surface area contributed by atoms with Crippen LogP contribution in [0, 0.1) is 6.92 Å². The third-order valence-corrected chi connectivity index (χ3v) is 2.33. The van der Waals surface area contributed by atoms with Crippen LogP contribution in [0.15, 0.2) is 0 Å². The molecule has 0 bridgehead atoms. The molecule has 1 aliphatic rings. The Morgan fingerprint density at radius 1 is 1.71 bits per heavy atom. The van der Waals surface area contributed by atoms with Crippen LogP contribution < -0.4 is 10.6 Å². The van der Waals surface area contributed by atoms with Gasteiger partial charge in [0.15, 0.2) is 5.82 Å². The Kier molecular flexibility index (Phi) is 1.92. The largest absolute Gasteiger partial charge is 0.394 e. The molecule has 2 heterocycles. The van der Waals surface area contributed by atoms with Crippen molar-refractivity contribution in [2.24, 2.45) is 0 Å². The SMILES string of the molecule is Cc1[nH]nc(N2CC(O)CC2=O)c1N. The van der Waals surface area contributed by atoms with Gasteiger partial charge in [-0.2, -0.15) is 5.10 Å². The molecule has 2 rings (SSSR count). The molecule has 1 fully saturated rings. The number of aryl methyl sites for hydroxylation is 1. The number of carbonyl (C=O) groups is 1. The summed E-state index contributed by atoms with van der Waals surface area (Å²) >= 11 is 0. The zero-order valence-electron chi connectivity index (χ0n) is 7.82. The molecule has 1 atom stereocenters. The molecular weight excluding hydrogens is 184 g/mol. The standard InChI is InChI=1S/C8H12N4O2/c1-4-7(9)8(11-10-4)12-3-5(13)2-6(12)14/h5,13H,2-3,9H2,1H3,(H,10,11). The number of H-pyrrole nitrogens is 1. The monoisotopic (exact) mass is 196 g/mol. The number of nitrogen functional groups attached to an aromatic ring is 1. The number of aliphatic hydroxyl groups excluding tert-OH is 1. The number of aromatic nitrogens is 2. The minimum atomic E-state index is -0.612. The van der Waals surface area contributed by atoms with Gasteiger partial charge in [-0.1, -0.05) is 0 Å². The number of nitrogens with zero attached hydrogens (tertiary/aromatic N) is 2. The molecule has 1 unspecified atom stereocenters. The first-order valence-electron chi connectivity index (χ1n) is 4.38. The van der Waals surface area contributed by atoms with Crippen LogP contribution in [0.5, 0.6) is 0 Å². The summed E-state index contributed by atoms with van der Waals surface area (Å²) in [5.41, 5.74) is 6.92. The Morgan fingerprint density at radius 3 is 2.86 bits per heavy atom. The van der Waals surface area contributed by atoms with Crippen molar-refractivity contribution in [3.63, 3.8) is 0 Å². The van der Waals surface area contributed by atoms with E-state index in [2.05, 4.69) is 10.2 Å². The zero-order chi connectivity index (χ0) is 10.3. The first-order chi connectivity index (χ1) is 6.59. The first kappa shape index (κ1) is 9.01. The van der Waals surface area contributed by atoms with Gasteiger partial charge in [-0.3, -0.25) is 14.8 Å². The lowest BCUT2D eigenvalue weighted by Crippen LogP contribution is -2.26. The molecule has 6 heteroatoms. The van der Waals surface area contributed by atoms with Crippen molar-refractivity contribution in [2.45, 2.75) is 19.4 Å². The number of amides is 1. The number of nitrogens with two attached hydrogens (primary N) is 1. The van der Waals surface area contributed by atoms with Crippen LogP contribution >= 0.6 is 0 Å². The minimum Gasteiger partial charge on any atom is -0.394 e. The van der Waals surface area contributed by atoms with Crippen LogP contribution in [0.25, 0.3) is 0 Å². The van der Waals surface area contributed by atoms with Gasteiger partial charge in [0.1, 0.15) is 0 Å². The summed E-state index contributed by atoms with van der Waals surface area (Å²) in [4.78, 5) is 12.8. The van der Waals surface area contributed by atoms with Crippen molar-refractivity contribution < 1.29 is 9.90 Å². The number of aromatic amines is 1. The number of hydrogen-bond acceptors (Lipinski definition) is 4. The van der Waals surface area contributed by atoms with E-state index in [-0.39, 0.29) is 18.9 Å². The van der Waals surface area contributed by atoms with Crippen LogP contribution in [0.3, 0.4) is 0 Å². The fourth-order valence-electron chi connectivity index (χ4n) is 1.52. The van der Waals surface area contributed by atoms with Crippen LogP contribution in [-0.2, 0) is 4.79 Å². The lowest BCUT2D eigenvalue weighted by Gasteiger charge is -2.12. The molecule has 0 spiro atoms. The summed E-state index contributed by atoms with van der Waals surface area (Å²) in [7, 11) is 0. The smallest absolute Gasteiger partial charge is 0.231 e. The highest BCUT2D eigenvalue weighted by atomic mass is 16.3. The van der Waals surface area contributed by atoms with Gasteiger partial charge in [0.2, 0.25) is 5.91 Å². The maximum Gasteiger partial charge on any atom is 0.231 e. The van der Waals surface area contributed by atoms with E-state index in [1.807, 2.05) is 0 Å². The second-order valence-electron chi connectivity index (χ2n) is 3.45. The molecule has 0 aromatic carbocycles. The number of hydrogen-bond donors (Lipinski definition) is 3. The highest BCUT2D eigenvalue weighted by molar-refractivity contribution is 5.97. The summed E-state index contributed by atoms with van der Waals surface area (Å²) < 4.78 is 0. The highest BCUT2D eigenvalue weighted by Gasteiger charge is 2.31. The molecular formula is C8H12N4O2. The zero-order valence-corrected chi connectivity index (χ0v) is 7.82. The number of nitrogens with one attached hydrogen (secondary N) is 1. The third kappa shape index (κ3) is 1.24. The van der Waals surface area contributed by atoms with E-state index >= 15 is 0 Å². The molecule has 0 aliphatic carbocycles. The molecule has 76 valence electrons. The molecule has 0 saturated carbocycles. The van der Waals surface area contributed by atoms with Crippen LogP contribution in [0.2, 0.25) is 0 Å². The van der Waals surface area contributed by atoms with Gasteiger partial charge >= 0.3 is 0 Å². The van der Waals surface area contributed by atoms with Gasteiger partial charge in [-0.05, 0) is 6.92 Å². The van der Waals surface area contributed by atoms with E-state index in [9.17, 15) is 9.90 Å². The molecule has 1 aromatic heterocycles. The van der Waals surface area contributed by atoms with E-state index in [1.54, 1.807) is 6.92 Å². The quantitative estimate of drug-likeness (QED) is 0.558. The predicted molar refractivity (Wildman–Crippen MR) is 50.7 cm³/mol. The molecule has 1 amide bonds. The van der Waals surface area contributed by atoms with E-state index in [0.717, 1.165) is 5.69 Å². The molecule has 0 radical (unpaired) electrons. The average Bonchev–Trinajstić information content (AvgIpc) is 2.59. The number of carbonyl (C=O) groups excluding carboxylic acids is 1. The van der Waals surface area contributed by atoms with Crippen molar-refractivity contribution >= 4 is 17.4 Å². The summed E-state index contributed by atoms with van der Waals surface area (Å²) in [6.45, 7) is 2.05. The lowest BCUT2D eigenvalue weighted by molar-refractivity contribution is -0.117. The minimum absolute atomic E-state index is 0.143. The molecule has 6 nitrogen and oxygen atoms in total. The Bertz CT molecular complexity index is 373. The number of β-amino-alcohol motifs (C(OH)–C–C–N with tert-alkyl or cyclic N) is 1. The summed E-state index contributed by atoms with van der Waals surface area (Å²) in [6.07, 6.45) is -0.468. The second kappa shape index (κ2) is 2.98. The maximum absolute atomic E-state index is 11.4. The third-order valence-electron chi connectivity index (χ3n) is 2.33. The molecule has 1 aliphatic heterocycles. The van der Waals surface area contributed by atoms with Gasteiger partial charge in [0, 0.05) is 0 Å². The fraction of sp³-hybridized carbons (Fsp3) is 0.500. The Balaban J connectivity index is 2.32. The first-order valence-corrected chi connectivity index (χ1v) is 4.38. The summed E-state index contributed by atoms with van der Waals surface area (Å²) in [6, 6.07) is 0. The van der Waals surface area contributed by atoms with Gasteiger partial charge in [-0.25, -0.2) is 0 Å².